The van der Waals surface area contributed by atoms with Gasteiger partial charge in [-0.25, -0.2) is 0 Å². The molecule has 4 nitrogen and oxygen atoms in total. The Hall–Kier alpha value is -2.33. The highest BCUT2D eigenvalue weighted by Gasteiger charge is 2.10. The van der Waals surface area contributed by atoms with Crippen LogP contribution in [0.25, 0.3) is 0 Å². The molecular weight excluding hydrogens is 314 g/mol. The van der Waals surface area contributed by atoms with E-state index in [1.165, 1.54) is 6.92 Å². The highest BCUT2D eigenvalue weighted by molar-refractivity contribution is 6.34. The van der Waals surface area contributed by atoms with Gasteiger partial charge in [-0.05, 0) is 50.1 Å². The largest absolute Gasteiger partial charge is 0.484 e. The summed E-state index contributed by atoms with van der Waals surface area (Å²) < 4.78 is 5.43. The van der Waals surface area contributed by atoms with Crippen LogP contribution in [0.4, 0.5) is 5.69 Å². The van der Waals surface area contributed by atoms with E-state index in [0.29, 0.717) is 22.0 Å². The van der Waals surface area contributed by atoms with Crippen molar-refractivity contribution in [3.05, 3.63) is 58.1 Å². The summed E-state index contributed by atoms with van der Waals surface area (Å²) in [6, 6.07) is 10.5. The first kappa shape index (κ1) is 17.0. The molecule has 0 aromatic heterocycles. The molecule has 1 N–H and O–H groups in total. The van der Waals surface area contributed by atoms with Gasteiger partial charge in [-0.2, -0.15) is 0 Å². The van der Waals surface area contributed by atoms with Gasteiger partial charge >= 0.3 is 0 Å². The number of hydrogen-bond donors (Lipinski definition) is 1. The van der Waals surface area contributed by atoms with Crippen molar-refractivity contribution >= 4 is 29.0 Å². The number of anilines is 1. The molecule has 23 heavy (non-hydrogen) atoms. The molecule has 0 saturated heterocycles. The van der Waals surface area contributed by atoms with E-state index in [4.69, 9.17) is 16.3 Å². The molecule has 5 heteroatoms. The molecule has 120 valence electrons. The van der Waals surface area contributed by atoms with E-state index >= 15 is 0 Å². The van der Waals surface area contributed by atoms with Gasteiger partial charge < -0.3 is 10.1 Å². The van der Waals surface area contributed by atoms with Gasteiger partial charge in [0.25, 0.3) is 5.91 Å². The molecule has 0 heterocycles. The van der Waals surface area contributed by atoms with Crippen molar-refractivity contribution in [3.63, 3.8) is 0 Å². The molecule has 0 bridgehead atoms. The first-order valence-corrected chi connectivity index (χ1v) is 7.55. The molecule has 2 rings (SSSR count). The number of carbonyl (C=O) groups is 2. The molecule has 0 spiro atoms. The van der Waals surface area contributed by atoms with Gasteiger partial charge in [-0.1, -0.05) is 29.8 Å². The Morgan fingerprint density at radius 1 is 1.17 bits per heavy atom. The van der Waals surface area contributed by atoms with E-state index in [0.717, 1.165) is 11.1 Å². The standard InChI is InChI=1S/C18H18ClNO3/c1-11-7-12(2)18(16(19)8-11)20-17(22)10-23-15-6-4-5-14(9-15)13(3)21/h4-9H,10H2,1-3H3,(H,20,22). The minimum absolute atomic E-state index is 0.0537. The number of ketones is 1. The van der Waals surface area contributed by atoms with Gasteiger partial charge in [-0.15, -0.1) is 0 Å². The minimum atomic E-state index is -0.313. The predicted molar refractivity (Wildman–Crippen MR) is 91.5 cm³/mol. The first-order valence-electron chi connectivity index (χ1n) is 7.17. The lowest BCUT2D eigenvalue weighted by Crippen LogP contribution is -2.21. The highest BCUT2D eigenvalue weighted by Crippen LogP contribution is 2.27. The summed E-state index contributed by atoms with van der Waals surface area (Å²) in [7, 11) is 0. The number of halogens is 1. The van der Waals surface area contributed by atoms with Crippen LogP contribution in [-0.2, 0) is 4.79 Å². The second-order valence-electron chi connectivity index (χ2n) is 5.36. The highest BCUT2D eigenvalue weighted by atomic mass is 35.5. The summed E-state index contributed by atoms with van der Waals surface area (Å²) >= 11 is 6.16. The summed E-state index contributed by atoms with van der Waals surface area (Å²) in [5.74, 6) is 0.105. The van der Waals surface area contributed by atoms with E-state index < -0.39 is 0 Å². The summed E-state index contributed by atoms with van der Waals surface area (Å²) in [5, 5.41) is 3.25. The number of aryl methyl sites for hydroxylation is 2. The van der Waals surface area contributed by atoms with E-state index in [2.05, 4.69) is 5.32 Å². The van der Waals surface area contributed by atoms with Gasteiger partial charge in [0.1, 0.15) is 5.75 Å². The van der Waals surface area contributed by atoms with Gasteiger partial charge in [0.2, 0.25) is 0 Å². The number of amides is 1. The van der Waals surface area contributed by atoms with E-state index in [1.54, 1.807) is 30.3 Å². The van der Waals surface area contributed by atoms with Crippen LogP contribution in [0.15, 0.2) is 36.4 Å². The van der Waals surface area contributed by atoms with Crippen LogP contribution in [0.2, 0.25) is 5.02 Å². The van der Waals surface area contributed by atoms with E-state index in [9.17, 15) is 9.59 Å². The van der Waals surface area contributed by atoms with Crippen molar-refractivity contribution in [1.29, 1.82) is 0 Å². The van der Waals surface area contributed by atoms with Crippen LogP contribution in [0.5, 0.6) is 5.75 Å². The molecular formula is C18H18ClNO3. The monoisotopic (exact) mass is 331 g/mol. The lowest BCUT2D eigenvalue weighted by molar-refractivity contribution is -0.118. The second kappa shape index (κ2) is 7.29. The van der Waals surface area contributed by atoms with Crippen LogP contribution in [0.3, 0.4) is 0 Å². The lowest BCUT2D eigenvalue weighted by atomic mass is 10.1. The SMILES string of the molecule is CC(=O)c1cccc(OCC(=O)Nc2c(C)cc(C)cc2Cl)c1. The van der Waals surface area contributed by atoms with Crippen molar-refractivity contribution in [3.8, 4) is 5.75 Å². The molecule has 0 aliphatic carbocycles. The predicted octanol–water partition coefficient (Wildman–Crippen LogP) is 4.18. The molecule has 0 saturated carbocycles. The normalized spacial score (nSPS) is 10.3. The minimum Gasteiger partial charge on any atom is -0.484 e. The van der Waals surface area contributed by atoms with Crippen molar-refractivity contribution in [2.45, 2.75) is 20.8 Å². The zero-order valence-corrected chi connectivity index (χ0v) is 14.0. The smallest absolute Gasteiger partial charge is 0.262 e. The third-order valence-electron chi connectivity index (χ3n) is 3.31. The van der Waals surface area contributed by atoms with Crippen LogP contribution < -0.4 is 10.1 Å². The Morgan fingerprint density at radius 3 is 2.57 bits per heavy atom. The molecule has 0 unspecified atom stereocenters. The topological polar surface area (TPSA) is 55.4 Å². The second-order valence-corrected chi connectivity index (χ2v) is 5.77. The van der Waals surface area contributed by atoms with Crippen molar-refractivity contribution < 1.29 is 14.3 Å². The van der Waals surface area contributed by atoms with Crippen LogP contribution in [0.1, 0.15) is 28.4 Å². The average molecular weight is 332 g/mol. The molecule has 2 aromatic rings. The zero-order valence-electron chi connectivity index (χ0n) is 13.3. The quantitative estimate of drug-likeness (QED) is 0.836. The number of Topliss-reactive ketones (excluding diaryl/α,β-unsaturated/α-hetero) is 1. The fourth-order valence-electron chi connectivity index (χ4n) is 2.20. The number of hydrogen-bond acceptors (Lipinski definition) is 3. The average Bonchev–Trinajstić information content (AvgIpc) is 2.49. The Morgan fingerprint density at radius 2 is 1.91 bits per heavy atom. The Kier molecular flexibility index (Phi) is 5.40. The molecule has 0 atom stereocenters. The molecule has 2 aromatic carbocycles. The van der Waals surface area contributed by atoms with Gasteiger partial charge in [-0.3, -0.25) is 9.59 Å². The van der Waals surface area contributed by atoms with Gasteiger partial charge in [0.15, 0.2) is 12.4 Å². The number of benzene rings is 2. The Bertz CT molecular complexity index is 733. The number of nitrogens with one attached hydrogen (secondary N) is 1. The fraction of sp³-hybridized carbons (Fsp3) is 0.222. The number of rotatable bonds is 5. The van der Waals surface area contributed by atoms with Crippen LogP contribution in [-0.4, -0.2) is 18.3 Å². The Balaban J connectivity index is 2.01. The molecule has 0 aliphatic heterocycles. The van der Waals surface area contributed by atoms with Crippen LogP contribution >= 0.6 is 11.6 Å². The number of carbonyl (C=O) groups excluding carboxylic acids is 2. The Labute approximate surface area is 140 Å². The lowest BCUT2D eigenvalue weighted by Gasteiger charge is -2.12. The van der Waals surface area contributed by atoms with E-state index in [1.807, 2.05) is 19.9 Å². The first-order chi connectivity index (χ1) is 10.9. The van der Waals surface area contributed by atoms with Gasteiger partial charge in [0, 0.05) is 5.56 Å². The van der Waals surface area contributed by atoms with Crippen LogP contribution in [0, 0.1) is 13.8 Å². The molecule has 0 fully saturated rings. The van der Waals surface area contributed by atoms with Crippen molar-refractivity contribution in [2.75, 3.05) is 11.9 Å². The zero-order chi connectivity index (χ0) is 17.0. The van der Waals surface area contributed by atoms with Crippen molar-refractivity contribution in [1.82, 2.24) is 0 Å². The van der Waals surface area contributed by atoms with E-state index in [-0.39, 0.29) is 18.3 Å². The van der Waals surface area contributed by atoms with Crippen molar-refractivity contribution in [2.24, 2.45) is 0 Å². The summed E-state index contributed by atoms with van der Waals surface area (Å²) in [6.45, 7) is 5.14. The molecule has 0 radical (unpaired) electrons. The van der Waals surface area contributed by atoms with Gasteiger partial charge in [0.05, 0.1) is 10.7 Å². The third-order valence-corrected chi connectivity index (χ3v) is 3.60. The maximum absolute atomic E-state index is 12.0. The summed E-state index contributed by atoms with van der Waals surface area (Å²) in [5.41, 5.74) is 3.05. The maximum Gasteiger partial charge on any atom is 0.262 e. The number of ether oxygens (including phenoxy) is 1. The molecule has 0 aliphatic rings. The summed E-state index contributed by atoms with van der Waals surface area (Å²) in [4.78, 5) is 23.4. The molecule has 1 amide bonds. The maximum atomic E-state index is 12.0. The third kappa shape index (κ3) is 4.57. The summed E-state index contributed by atoms with van der Waals surface area (Å²) in [6.07, 6.45) is 0. The fourth-order valence-corrected chi connectivity index (χ4v) is 2.57.